The SMILES string of the molecule is O=C(NCC(O)c1ccco1)c1cccnc1Nc1cccc(F)c1. The summed E-state index contributed by atoms with van der Waals surface area (Å²) >= 11 is 0. The Morgan fingerprint density at radius 2 is 2.12 bits per heavy atom. The predicted molar refractivity (Wildman–Crippen MR) is 89.9 cm³/mol. The van der Waals surface area contributed by atoms with Gasteiger partial charge in [0.25, 0.3) is 5.91 Å². The lowest BCUT2D eigenvalue weighted by Crippen LogP contribution is -2.29. The fourth-order valence-corrected chi connectivity index (χ4v) is 2.26. The van der Waals surface area contributed by atoms with Crippen LogP contribution in [0.3, 0.4) is 0 Å². The average molecular weight is 341 g/mol. The van der Waals surface area contributed by atoms with Crippen LogP contribution >= 0.6 is 0 Å². The molecule has 0 aliphatic heterocycles. The lowest BCUT2D eigenvalue weighted by atomic mass is 10.2. The first-order valence-electron chi connectivity index (χ1n) is 7.61. The predicted octanol–water partition coefficient (Wildman–Crippen LogP) is 3.02. The molecule has 7 heteroatoms. The molecule has 0 radical (unpaired) electrons. The van der Waals surface area contributed by atoms with Gasteiger partial charge in [-0.3, -0.25) is 4.79 Å². The number of benzene rings is 1. The summed E-state index contributed by atoms with van der Waals surface area (Å²) in [6, 6.07) is 12.3. The molecule has 0 bridgehead atoms. The van der Waals surface area contributed by atoms with Crippen molar-refractivity contribution < 1.29 is 18.7 Å². The molecule has 3 aromatic rings. The van der Waals surface area contributed by atoms with Crippen molar-refractivity contribution in [1.29, 1.82) is 0 Å². The van der Waals surface area contributed by atoms with Crippen molar-refractivity contribution in [3.8, 4) is 0 Å². The van der Waals surface area contributed by atoms with Crippen molar-refractivity contribution in [2.75, 3.05) is 11.9 Å². The third kappa shape index (κ3) is 4.21. The Labute approximate surface area is 143 Å². The zero-order valence-electron chi connectivity index (χ0n) is 13.1. The van der Waals surface area contributed by atoms with E-state index in [-0.39, 0.29) is 17.9 Å². The molecular formula is C18H16FN3O3. The number of aliphatic hydroxyl groups excluding tert-OH is 1. The lowest BCUT2D eigenvalue weighted by Gasteiger charge is -2.13. The van der Waals surface area contributed by atoms with Gasteiger partial charge < -0.3 is 20.2 Å². The molecule has 128 valence electrons. The molecule has 0 saturated carbocycles. The highest BCUT2D eigenvalue weighted by atomic mass is 19.1. The van der Waals surface area contributed by atoms with Gasteiger partial charge in [-0.2, -0.15) is 0 Å². The third-order valence-electron chi connectivity index (χ3n) is 3.47. The van der Waals surface area contributed by atoms with Gasteiger partial charge in [0.2, 0.25) is 0 Å². The van der Waals surface area contributed by atoms with Crippen molar-refractivity contribution in [2.24, 2.45) is 0 Å². The molecular weight excluding hydrogens is 325 g/mol. The maximum atomic E-state index is 13.3. The summed E-state index contributed by atoms with van der Waals surface area (Å²) in [5.41, 5.74) is 0.752. The monoisotopic (exact) mass is 341 g/mol. The maximum absolute atomic E-state index is 13.3. The van der Waals surface area contributed by atoms with Gasteiger partial charge in [-0.15, -0.1) is 0 Å². The molecule has 1 atom stereocenters. The van der Waals surface area contributed by atoms with Gasteiger partial charge in [0.15, 0.2) is 0 Å². The van der Waals surface area contributed by atoms with Crippen LogP contribution in [0.25, 0.3) is 0 Å². The number of hydrogen-bond acceptors (Lipinski definition) is 5. The average Bonchev–Trinajstić information content (AvgIpc) is 3.15. The molecule has 0 saturated heterocycles. The second-order valence-electron chi connectivity index (χ2n) is 5.28. The molecule has 3 N–H and O–H groups in total. The smallest absolute Gasteiger partial charge is 0.255 e. The Morgan fingerprint density at radius 1 is 1.24 bits per heavy atom. The van der Waals surface area contributed by atoms with Crippen LogP contribution < -0.4 is 10.6 Å². The zero-order valence-corrected chi connectivity index (χ0v) is 13.1. The normalized spacial score (nSPS) is 11.8. The van der Waals surface area contributed by atoms with Crippen molar-refractivity contribution in [3.63, 3.8) is 0 Å². The van der Waals surface area contributed by atoms with Gasteiger partial charge >= 0.3 is 0 Å². The van der Waals surface area contributed by atoms with E-state index in [9.17, 15) is 14.3 Å². The first-order valence-corrected chi connectivity index (χ1v) is 7.61. The van der Waals surface area contributed by atoms with E-state index < -0.39 is 17.8 Å². The highest BCUT2D eigenvalue weighted by Gasteiger charge is 2.16. The van der Waals surface area contributed by atoms with Gasteiger partial charge in [-0.25, -0.2) is 9.37 Å². The Morgan fingerprint density at radius 3 is 2.88 bits per heavy atom. The van der Waals surface area contributed by atoms with Crippen LogP contribution in [0.2, 0.25) is 0 Å². The number of aromatic nitrogens is 1. The molecule has 25 heavy (non-hydrogen) atoms. The fraction of sp³-hybridized carbons (Fsp3) is 0.111. The Balaban J connectivity index is 1.70. The molecule has 1 amide bonds. The molecule has 2 aromatic heterocycles. The van der Waals surface area contributed by atoms with Gasteiger partial charge in [0, 0.05) is 11.9 Å². The summed E-state index contributed by atoms with van der Waals surface area (Å²) in [5.74, 6) is -0.159. The minimum absolute atomic E-state index is 0.0132. The maximum Gasteiger partial charge on any atom is 0.255 e. The van der Waals surface area contributed by atoms with Gasteiger partial charge in [0.1, 0.15) is 23.5 Å². The summed E-state index contributed by atoms with van der Waals surface area (Å²) in [6.45, 7) is -0.0132. The van der Waals surface area contributed by atoms with Gasteiger partial charge in [-0.1, -0.05) is 6.07 Å². The number of hydrogen-bond donors (Lipinski definition) is 3. The van der Waals surface area contributed by atoms with Crippen LogP contribution in [0.4, 0.5) is 15.9 Å². The summed E-state index contributed by atoms with van der Waals surface area (Å²) < 4.78 is 18.4. The highest BCUT2D eigenvalue weighted by molar-refractivity contribution is 5.99. The Bertz CT molecular complexity index is 852. The molecule has 1 aromatic carbocycles. The van der Waals surface area contributed by atoms with Gasteiger partial charge in [-0.05, 0) is 42.5 Å². The highest BCUT2D eigenvalue weighted by Crippen LogP contribution is 2.19. The largest absolute Gasteiger partial charge is 0.467 e. The topological polar surface area (TPSA) is 87.4 Å². The lowest BCUT2D eigenvalue weighted by molar-refractivity contribution is 0.0901. The van der Waals surface area contributed by atoms with Crippen LogP contribution in [0, 0.1) is 5.82 Å². The van der Waals surface area contributed by atoms with Crippen LogP contribution in [0.15, 0.2) is 65.4 Å². The van der Waals surface area contributed by atoms with E-state index in [4.69, 9.17) is 4.42 Å². The summed E-state index contributed by atoms with van der Waals surface area (Å²) in [4.78, 5) is 16.5. The van der Waals surface area contributed by atoms with E-state index >= 15 is 0 Å². The molecule has 0 fully saturated rings. The van der Waals surface area contributed by atoms with Gasteiger partial charge in [0.05, 0.1) is 18.4 Å². The van der Waals surface area contributed by atoms with Crippen molar-refractivity contribution in [2.45, 2.75) is 6.10 Å². The zero-order chi connectivity index (χ0) is 17.6. The molecule has 0 aliphatic rings. The standard InChI is InChI=1S/C18H16FN3O3/c19-12-4-1-5-13(10-12)22-17-14(6-2-8-20-17)18(24)21-11-15(23)16-7-3-9-25-16/h1-10,15,23H,11H2,(H,20,22)(H,21,24). The van der Waals surface area contributed by atoms with E-state index in [1.54, 1.807) is 36.4 Å². The number of halogens is 1. The van der Waals surface area contributed by atoms with E-state index in [1.165, 1.54) is 24.6 Å². The molecule has 2 heterocycles. The third-order valence-corrected chi connectivity index (χ3v) is 3.47. The number of nitrogens with zero attached hydrogens (tertiary/aromatic N) is 1. The van der Waals surface area contributed by atoms with Crippen molar-refractivity contribution in [3.05, 3.63) is 78.1 Å². The minimum atomic E-state index is -0.949. The van der Waals surface area contributed by atoms with E-state index in [0.29, 0.717) is 11.4 Å². The number of carbonyl (C=O) groups is 1. The first kappa shape index (κ1) is 16.7. The van der Waals surface area contributed by atoms with Crippen LogP contribution in [-0.2, 0) is 0 Å². The minimum Gasteiger partial charge on any atom is -0.467 e. The summed E-state index contributed by atoms with van der Waals surface area (Å²) in [6.07, 6.45) is 2.02. The number of pyridine rings is 1. The number of furan rings is 1. The second kappa shape index (κ2) is 7.59. The summed E-state index contributed by atoms with van der Waals surface area (Å²) in [7, 11) is 0. The first-order chi connectivity index (χ1) is 12.1. The van der Waals surface area contributed by atoms with Crippen molar-refractivity contribution in [1.82, 2.24) is 10.3 Å². The van der Waals surface area contributed by atoms with Crippen molar-refractivity contribution >= 4 is 17.4 Å². The Kier molecular flexibility index (Phi) is 5.06. The fourth-order valence-electron chi connectivity index (χ4n) is 2.26. The molecule has 6 nitrogen and oxygen atoms in total. The number of anilines is 2. The summed E-state index contributed by atoms with van der Waals surface area (Å²) in [5, 5.41) is 15.5. The molecule has 0 aliphatic carbocycles. The number of rotatable bonds is 6. The molecule has 0 spiro atoms. The second-order valence-corrected chi connectivity index (χ2v) is 5.28. The Hall–Kier alpha value is -3.19. The van der Waals surface area contributed by atoms with Crippen LogP contribution in [0.1, 0.15) is 22.2 Å². The van der Waals surface area contributed by atoms with Crippen LogP contribution in [-0.4, -0.2) is 22.5 Å². The number of amides is 1. The van der Waals surface area contributed by atoms with Crippen LogP contribution in [0.5, 0.6) is 0 Å². The van der Waals surface area contributed by atoms with E-state index in [1.807, 2.05) is 0 Å². The van der Waals surface area contributed by atoms with E-state index in [2.05, 4.69) is 15.6 Å². The molecule has 3 rings (SSSR count). The quantitative estimate of drug-likeness (QED) is 0.641. The molecule has 1 unspecified atom stereocenters. The number of carbonyl (C=O) groups excluding carboxylic acids is 1. The van der Waals surface area contributed by atoms with E-state index in [0.717, 1.165) is 0 Å². The number of nitrogens with one attached hydrogen (secondary N) is 2. The number of aliphatic hydroxyl groups is 1.